The number of aliphatic hydroxyl groups is 7. The highest BCUT2D eigenvalue weighted by Crippen LogP contribution is 2.41. The van der Waals surface area contributed by atoms with Crippen molar-refractivity contribution in [2.45, 2.75) is 121 Å². The molecule has 2 fully saturated rings. The third-order valence-electron chi connectivity index (χ3n) is 9.34. The SMILES string of the molecule is C=C/C=C/C=C(C)/C=C/C=C(C)/C=C/C1=C(C)C(=O)C(OC(=O)CCC(=O)OCC2OC(O)C(O)C(O)C2OC2OC(CO)C(O)C(O)C2O)CC1(C)C. The van der Waals surface area contributed by atoms with Gasteiger partial charge in [-0.1, -0.05) is 86.3 Å². The maximum atomic E-state index is 13.3. The fraction of sp³-hybridized carbons (Fsp3) is 0.564. The smallest absolute Gasteiger partial charge is 0.307 e. The highest BCUT2D eigenvalue weighted by atomic mass is 16.7. The van der Waals surface area contributed by atoms with Crippen LogP contribution in [0.1, 0.15) is 53.9 Å². The van der Waals surface area contributed by atoms with Gasteiger partial charge in [-0.3, -0.25) is 14.4 Å². The van der Waals surface area contributed by atoms with E-state index in [1.54, 1.807) is 13.0 Å². The molecule has 11 unspecified atom stereocenters. The van der Waals surface area contributed by atoms with Gasteiger partial charge in [0.2, 0.25) is 0 Å². The Morgan fingerprint density at radius 1 is 0.852 bits per heavy atom. The molecular weight excluding hydrogens is 708 g/mol. The average molecular weight is 763 g/mol. The lowest BCUT2D eigenvalue weighted by Gasteiger charge is -2.45. The number of carbonyl (C=O) groups is 3. The predicted molar refractivity (Wildman–Crippen MR) is 193 cm³/mol. The first-order chi connectivity index (χ1) is 25.4. The molecule has 0 aromatic carbocycles. The van der Waals surface area contributed by atoms with Crippen molar-refractivity contribution in [3.05, 3.63) is 83.6 Å². The van der Waals surface area contributed by atoms with Gasteiger partial charge in [0.15, 0.2) is 24.5 Å². The number of Topliss-reactive ketones (excluding diaryl/α,β-unsaturated/α-hetero) is 1. The topological polar surface area (TPSA) is 239 Å². The molecule has 0 aromatic rings. The van der Waals surface area contributed by atoms with Gasteiger partial charge in [0.1, 0.15) is 55.4 Å². The molecule has 300 valence electrons. The largest absolute Gasteiger partial charge is 0.463 e. The summed E-state index contributed by atoms with van der Waals surface area (Å²) in [6, 6.07) is 0. The van der Waals surface area contributed by atoms with Crippen LogP contribution in [0.3, 0.4) is 0 Å². The van der Waals surface area contributed by atoms with Crippen LogP contribution in [0.4, 0.5) is 0 Å². The molecule has 15 heteroatoms. The number of hydrogen-bond acceptors (Lipinski definition) is 15. The first-order valence-corrected chi connectivity index (χ1v) is 17.7. The number of ether oxygens (including phenoxy) is 5. The minimum atomic E-state index is -1.93. The van der Waals surface area contributed by atoms with Gasteiger partial charge < -0.3 is 59.4 Å². The second kappa shape index (κ2) is 20.3. The van der Waals surface area contributed by atoms with Crippen molar-refractivity contribution in [2.75, 3.05) is 13.2 Å². The van der Waals surface area contributed by atoms with Crippen molar-refractivity contribution in [2.24, 2.45) is 5.41 Å². The fourth-order valence-electron chi connectivity index (χ4n) is 6.18. The van der Waals surface area contributed by atoms with Gasteiger partial charge in [-0.05, 0) is 37.3 Å². The molecule has 2 aliphatic heterocycles. The zero-order valence-electron chi connectivity index (χ0n) is 31.2. The van der Waals surface area contributed by atoms with E-state index in [1.807, 2.05) is 76.3 Å². The zero-order chi connectivity index (χ0) is 40.3. The number of allylic oxidation sites excluding steroid dienone is 12. The molecule has 3 rings (SSSR count). The lowest BCUT2D eigenvalue weighted by Crippen LogP contribution is -2.64. The number of hydrogen-bond donors (Lipinski definition) is 7. The molecule has 0 spiro atoms. The average Bonchev–Trinajstić information content (AvgIpc) is 3.12. The summed E-state index contributed by atoms with van der Waals surface area (Å²) in [6.07, 6.45) is -1.88. The number of ketones is 1. The van der Waals surface area contributed by atoms with Gasteiger partial charge in [-0.25, -0.2) is 0 Å². The predicted octanol–water partition coefficient (Wildman–Crippen LogP) is 0.908. The van der Waals surface area contributed by atoms with Gasteiger partial charge in [0.25, 0.3) is 0 Å². The molecule has 3 aliphatic rings. The Balaban J connectivity index is 1.56. The maximum absolute atomic E-state index is 13.3. The van der Waals surface area contributed by atoms with Crippen LogP contribution in [0.15, 0.2) is 83.6 Å². The van der Waals surface area contributed by atoms with Crippen LogP contribution in [0.5, 0.6) is 0 Å². The Morgan fingerprint density at radius 3 is 2.17 bits per heavy atom. The maximum Gasteiger partial charge on any atom is 0.307 e. The number of carbonyl (C=O) groups excluding carboxylic acids is 3. The minimum Gasteiger partial charge on any atom is -0.463 e. The van der Waals surface area contributed by atoms with Crippen molar-refractivity contribution in [1.82, 2.24) is 0 Å². The molecule has 0 radical (unpaired) electrons. The van der Waals surface area contributed by atoms with Crippen LogP contribution in [-0.2, 0) is 38.1 Å². The van der Waals surface area contributed by atoms with Crippen molar-refractivity contribution in [1.29, 1.82) is 0 Å². The minimum absolute atomic E-state index is 0.218. The zero-order valence-corrected chi connectivity index (χ0v) is 31.2. The van der Waals surface area contributed by atoms with Crippen molar-refractivity contribution < 1.29 is 73.8 Å². The van der Waals surface area contributed by atoms with Gasteiger partial charge in [-0.2, -0.15) is 0 Å². The van der Waals surface area contributed by atoms with Crippen LogP contribution in [-0.4, -0.2) is 134 Å². The monoisotopic (exact) mass is 762 g/mol. The third kappa shape index (κ3) is 11.9. The summed E-state index contributed by atoms with van der Waals surface area (Å²) in [5.74, 6) is -2.07. The summed E-state index contributed by atoms with van der Waals surface area (Å²) < 4.78 is 26.8. The van der Waals surface area contributed by atoms with Gasteiger partial charge in [0.05, 0.1) is 19.4 Å². The molecule has 7 N–H and O–H groups in total. The Kier molecular flexibility index (Phi) is 16.9. The molecule has 1 aliphatic carbocycles. The first kappa shape index (κ1) is 44.8. The molecule has 0 amide bonds. The van der Waals surface area contributed by atoms with Crippen LogP contribution in [0.2, 0.25) is 0 Å². The van der Waals surface area contributed by atoms with Crippen LogP contribution in [0.25, 0.3) is 0 Å². The van der Waals surface area contributed by atoms with Crippen molar-refractivity contribution in [3.8, 4) is 0 Å². The highest BCUT2D eigenvalue weighted by Gasteiger charge is 2.50. The van der Waals surface area contributed by atoms with E-state index in [2.05, 4.69) is 6.58 Å². The van der Waals surface area contributed by atoms with Crippen LogP contribution < -0.4 is 0 Å². The van der Waals surface area contributed by atoms with E-state index in [-0.39, 0.29) is 12.2 Å². The third-order valence-corrected chi connectivity index (χ3v) is 9.34. The van der Waals surface area contributed by atoms with E-state index >= 15 is 0 Å². The van der Waals surface area contributed by atoms with Crippen LogP contribution >= 0.6 is 0 Å². The Hall–Kier alpha value is -3.61. The summed E-state index contributed by atoms with van der Waals surface area (Å²) in [7, 11) is 0. The Morgan fingerprint density at radius 2 is 1.50 bits per heavy atom. The fourth-order valence-corrected chi connectivity index (χ4v) is 6.18. The number of aliphatic hydroxyl groups excluding tert-OH is 7. The summed E-state index contributed by atoms with van der Waals surface area (Å²) in [5.41, 5.74) is 2.76. The molecule has 0 aromatic heterocycles. The highest BCUT2D eigenvalue weighted by molar-refractivity contribution is 6.01. The van der Waals surface area contributed by atoms with Gasteiger partial charge in [0, 0.05) is 6.42 Å². The molecule has 0 bridgehead atoms. The normalized spacial score (nSPS) is 33.9. The molecular formula is C39H54O15. The van der Waals surface area contributed by atoms with E-state index in [1.165, 1.54) is 0 Å². The molecule has 2 saturated heterocycles. The van der Waals surface area contributed by atoms with E-state index in [4.69, 9.17) is 23.7 Å². The summed E-state index contributed by atoms with van der Waals surface area (Å²) in [4.78, 5) is 38.6. The van der Waals surface area contributed by atoms with Gasteiger partial charge >= 0.3 is 11.9 Å². The summed E-state index contributed by atoms with van der Waals surface area (Å²) in [5, 5.41) is 70.7. The molecule has 2 heterocycles. The van der Waals surface area contributed by atoms with E-state index in [0.29, 0.717) is 5.57 Å². The lowest BCUT2D eigenvalue weighted by atomic mass is 9.71. The van der Waals surface area contributed by atoms with Crippen molar-refractivity contribution >= 4 is 17.7 Å². The number of rotatable bonds is 15. The quantitative estimate of drug-likeness (QED) is 0.0907. The van der Waals surface area contributed by atoms with E-state index < -0.39 is 111 Å². The van der Waals surface area contributed by atoms with E-state index in [9.17, 15) is 50.1 Å². The summed E-state index contributed by atoms with van der Waals surface area (Å²) >= 11 is 0. The molecule has 54 heavy (non-hydrogen) atoms. The van der Waals surface area contributed by atoms with Crippen LogP contribution in [0, 0.1) is 5.41 Å². The standard InChI is InChI=1S/C39H54O15/c1-7-8-9-11-21(2)12-10-13-22(3)14-15-24-23(4)30(43)25(18-39(24,5)6)51-29(42)17-16-28(41)50-20-27-36(33(46)34(47)37(49)52-27)54-38-35(48)32(45)31(44)26(19-40)53-38/h7-15,25-27,31-38,40,44-49H,1,16-20H2,2-6H3/b9-8+,12-10+,15-14+,21-11+,22-13+. The summed E-state index contributed by atoms with van der Waals surface area (Å²) in [6.45, 7) is 11.7. The molecule has 11 atom stereocenters. The second-order valence-electron chi connectivity index (χ2n) is 14.1. The Labute approximate surface area is 314 Å². The van der Waals surface area contributed by atoms with E-state index in [0.717, 1.165) is 16.7 Å². The Bertz CT molecular complexity index is 1520. The first-order valence-electron chi connectivity index (χ1n) is 17.7. The number of esters is 2. The lowest BCUT2D eigenvalue weighted by molar-refractivity contribution is -0.355. The second-order valence-corrected chi connectivity index (χ2v) is 14.1. The molecule has 15 nitrogen and oxygen atoms in total. The van der Waals surface area contributed by atoms with Gasteiger partial charge in [-0.15, -0.1) is 0 Å². The molecule has 0 saturated carbocycles. The van der Waals surface area contributed by atoms with Crippen molar-refractivity contribution in [3.63, 3.8) is 0 Å².